The van der Waals surface area contributed by atoms with Gasteiger partial charge in [-0.2, -0.15) is 0 Å². The van der Waals surface area contributed by atoms with E-state index in [-0.39, 0.29) is 5.56 Å². The lowest BCUT2D eigenvalue weighted by molar-refractivity contribution is 0.0697. The van der Waals surface area contributed by atoms with E-state index in [1.54, 1.807) is 0 Å². The minimum Gasteiger partial charge on any atom is -0.478 e. The first-order chi connectivity index (χ1) is 8.56. The molecular formula is C13H19N3O2. The van der Waals surface area contributed by atoms with Crippen LogP contribution in [-0.4, -0.2) is 22.6 Å². The number of aromatic nitrogens is 1. The molecule has 1 aromatic rings. The van der Waals surface area contributed by atoms with Gasteiger partial charge in [0.1, 0.15) is 11.4 Å². The van der Waals surface area contributed by atoms with Crippen molar-refractivity contribution in [2.24, 2.45) is 5.41 Å². The van der Waals surface area contributed by atoms with Gasteiger partial charge in [-0.25, -0.2) is 9.78 Å². The molecule has 1 saturated carbocycles. The Morgan fingerprint density at radius 2 is 2.33 bits per heavy atom. The van der Waals surface area contributed by atoms with Gasteiger partial charge in [0.25, 0.3) is 0 Å². The van der Waals surface area contributed by atoms with Crippen molar-refractivity contribution in [3.05, 3.63) is 17.8 Å². The number of carboxylic acids is 1. The minimum atomic E-state index is -1.00. The van der Waals surface area contributed by atoms with Gasteiger partial charge >= 0.3 is 5.97 Å². The Kier molecular flexibility index (Phi) is 3.41. The van der Waals surface area contributed by atoms with Gasteiger partial charge in [0, 0.05) is 6.54 Å². The van der Waals surface area contributed by atoms with E-state index in [0.717, 1.165) is 13.0 Å². The van der Waals surface area contributed by atoms with Crippen LogP contribution < -0.4 is 11.1 Å². The molecule has 0 unspecified atom stereocenters. The second-order valence-electron chi connectivity index (χ2n) is 5.07. The third-order valence-electron chi connectivity index (χ3n) is 3.51. The highest BCUT2D eigenvalue weighted by molar-refractivity contribution is 5.94. The smallest absolute Gasteiger partial charge is 0.339 e. The molecule has 0 bridgehead atoms. The first kappa shape index (κ1) is 12.7. The van der Waals surface area contributed by atoms with Crippen LogP contribution in [0.25, 0.3) is 0 Å². The van der Waals surface area contributed by atoms with E-state index in [1.807, 2.05) is 0 Å². The van der Waals surface area contributed by atoms with Crippen LogP contribution in [0.1, 0.15) is 43.0 Å². The Morgan fingerprint density at radius 1 is 1.61 bits per heavy atom. The summed E-state index contributed by atoms with van der Waals surface area (Å²) in [5.74, 6) is -0.586. The number of anilines is 2. The van der Waals surface area contributed by atoms with Gasteiger partial charge in [-0.05, 0) is 30.7 Å². The molecular weight excluding hydrogens is 230 g/mol. The van der Waals surface area contributed by atoms with Gasteiger partial charge in [-0.3, -0.25) is 0 Å². The Hall–Kier alpha value is -1.78. The largest absolute Gasteiger partial charge is 0.478 e. The van der Waals surface area contributed by atoms with Crippen LogP contribution in [0.15, 0.2) is 12.3 Å². The van der Waals surface area contributed by atoms with Crippen LogP contribution in [0.2, 0.25) is 0 Å². The average Bonchev–Trinajstić information content (AvgIpc) is 3.08. The molecule has 4 N–H and O–H groups in total. The van der Waals surface area contributed by atoms with E-state index in [0.29, 0.717) is 16.9 Å². The standard InChI is InChI=1S/C13H19N3O2/c1-2-3-13(4-5-13)8-16-11-10(12(17)18)6-9(14)7-15-11/h6-7H,2-5,8,14H2,1H3,(H,15,16)(H,17,18). The maximum Gasteiger partial charge on any atom is 0.339 e. The zero-order valence-electron chi connectivity index (χ0n) is 10.6. The number of nitrogen functional groups attached to an aromatic ring is 1. The lowest BCUT2D eigenvalue weighted by atomic mass is 10.0. The predicted molar refractivity (Wildman–Crippen MR) is 70.7 cm³/mol. The highest BCUT2D eigenvalue weighted by atomic mass is 16.4. The number of nitrogens with one attached hydrogen (secondary N) is 1. The van der Waals surface area contributed by atoms with E-state index < -0.39 is 5.97 Å². The quantitative estimate of drug-likeness (QED) is 0.720. The molecule has 0 saturated heterocycles. The normalized spacial score (nSPS) is 16.3. The number of pyridine rings is 1. The number of aromatic carboxylic acids is 1. The summed E-state index contributed by atoms with van der Waals surface area (Å²) >= 11 is 0. The van der Waals surface area contributed by atoms with Crippen LogP contribution in [0.3, 0.4) is 0 Å². The summed E-state index contributed by atoms with van der Waals surface area (Å²) in [6.07, 6.45) is 6.24. The molecule has 1 fully saturated rings. The Morgan fingerprint density at radius 3 is 2.89 bits per heavy atom. The minimum absolute atomic E-state index is 0.141. The van der Waals surface area contributed by atoms with Gasteiger partial charge in [-0.15, -0.1) is 0 Å². The number of nitrogens with two attached hydrogens (primary N) is 1. The van der Waals surface area contributed by atoms with Crippen molar-refractivity contribution in [1.82, 2.24) is 4.98 Å². The van der Waals surface area contributed by atoms with Crippen molar-refractivity contribution in [1.29, 1.82) is 0 Å². The summed E-state index contributed by atoms with van der Waals surface area (Å²) in [6.45, 7) is 2.96. The summed E-state index contributed by atoms with van der Waals surface area (Å²) in [4.78, 5) is 15.2. The first-order valence-corrected chi connectivity index (χ1v) is 6.29. The van der Waals surface area contributed by atoms with Crippen LogP contribution in [0.5, 0.6) is 0 Å². The third kappa shape index (κ3) is 2.72. The molecule has 1 aromatic heterocycles. The number of rotatable bonds is 6. The third-order valence-corrected chi connectivity index (χ3v) is 3.51. The lowest BCUT2D eigenvalue weighted by Gasteiger charge is -2.16. The molecule has 0 amide bonds. The average molecular weight is 249 g/mol. The fourth-order valence-corrected chi connectivity index (χ4v) is 2.28. The van der Waals surface area contributed by atoms with Crippen molar-refractivity contribution < 1.29 is 9.90 Å². The van der Waals surface area contributed by atoms with Crippen LogP contribution >= 0.6 is 0 Å². The summed E-state index contributed by atoms with van der Waals surface area (Å²) in [5, 5.41) is 12.3. The van der Waals surface area contributed by atoms with Gasteiger partial charge in [0.2, 0.25) is 0 Å². The van der Waals surface area contributed by atoms with Crippen molar-refractivity contribution in [3.8, 4) is 0 Å². The second kappa shape index (κ2) is 4.84. The molecule has 2 rings (SSSR count). The van der Waals surface area contributed by atoms with Crippen LogP contribution in [-0.2, 0) is 0 Å². The molecule has 0 radical (unpaired) electrons. The maximum atomic E-state index is 11.1. The number of carboxylic acid groups (broad SMARTS) is 1. The fraction of sp³-hybridized carbons (Fsp3) is 0.538. The van der Waals surface area contributed by atoms with E-state index in [1.165, 1.54) is 31.5 Å². The lowest BCUT2D eigenvalue weighted by Crippen LogP contribution is -2.18. The molecule has 0 aromatic carbocycles. The van der Waals surface area contributed by atoms with Gasteiger partial charge < -0.3 is 16.2 Å². The first-order valence-electron chi connectivity index (χ1n) is 6.29. The van der Waals surface area contributed by atoms with Gasteiger partial charge in [0.05, 0.1) is 11.9 Å². The number of carbonyl (C=O) groups is 1. The van der Waals surface area contributed by atoms with Gasteiger partial charge in [0.15, 0.2) is 0 Å². The molecule has 5 nitrogen and oxygen atoms in total. The molecule has 0 spiro atoms. The highest BCUT2D eigenvalue weighted by Gasteiger charge is 2.41. The number of hydrogen-bond acceptors (Lipinski definition) is 4. The van der Waals surface area contributed by atoms with Crippen molar-refractivity contribution >= 4 is 17.5 Å². The van der Waals surface area contributed by atoms with Crippen molar-refractivity contribution in [2.75, 3.05) is 17.6 Å². The molecule has 98 valence electrons. The molecule has 1 heterocycles. The SMILES string of the molecule is CCCC1(CNc2ncc(N)cc2C(=O)O)CC1. The van der Waals surface area contributed by atoms with Crippen molar-refractivity contribution in [3.63, 3.8) is 0 Å². The fourth-order valence-electron chi connectivity index (χ4n) is 2.28. The van der Waals surface area contributed by atoms with Crippen LogP contribution in [0, 0.1) is 5.41 Å². The van der Waals surface area contributed by atoms with E-state index in [2.05, 4.69) is 17.2 Å². The monoisotopic (exact) mass is 249 g/mol. The maximum absolute atomic E-state index is 11.1. The van der Waals surface area contributed by atoms with E-state index in [9.17, 15) is 4.79 Å². The molecule has 1 aliphatic carbocycles. The molecule has 0 atom stereocenters. The highest BCUT2D eigenvalue weighted by Crippen LogP contribution is 2.49. The Bertz CT molecular complexity index is 456. The Balaban J connectivity index is 2.07. The summed E-state index contributed by atoms with van der Waals surface area (Å²) in [6, 6.07) is 1.44. The second-order valence-corrected chi connectivity index (χ2v) is 5.07. The predicted octanol–water partition coefficient (Wildman–Crippen LogP) is 2.35. The Labute approximate surface area is 106 Å². The van der Waals surface area contributed by atoms with E-state index in [4.69, 9.17) is 10.8 Å². The molecule has 1 aliphatic rings. The van der Waals surface area contributed by atoms with Crippen molar-refractivity contribution in [2.45, 2.75) is 32.6 Å². The zero-order chi connectivity index (χ0) is 13.2. The molecule has 18 heavy (non-hydrogen) atoms. The summed E-state index contributed by atoms with van der Waals surface area (Å²) < 4.78 is 0. The van der Waals surface area contributed by atoms with E-state index >= 15 is 0 Å². The molecule has 0 aliphatic heterocycles. The summed E-state index contributed by atoms with van der Waals surface area (Å²) in [7, 11) is 0. The van der Waals surface area contributed by atoms with Crippen LogP contribution in [0.4, 0.5) is 11.5 Å². The topological polar surface area (TPSA) is 88.2 Å². The number of nitrogens with zero attached hydrogens (tertiary/aromatic N) is 1. The number of hydrogen-bond donors (Lipinski definition) is 3. The van der Waals surface area contributed by atoms with Gasteiger partial charge in [-0.1, -0.05) is 13.3 Å². The molecule has 5 heteroatoms. The summed E-state index contributed by atoms with van der Waals surface area (Å²) in [5.41, 5.74) is 6.42. The zero-order valence-corrected chi connectivity index (χ0v) is 10.6.